The standard InChI is InChI=1S/C15H24N4OS/c20-15(18-14-17-9-10-21-14)19(12-5-2-1-3-6-12)13-7-4-8-16-11-13/h9-10,12-13,16H,1-8,11H2,(H,17,18,20). The first-order chi connectivity index (χ1) is 10.3. The van der Waals surface area contributed by atoms with Gasteiger partial charge < -0.3 is 10.2 Å². The number of nitrogens with zero attached hydrogens (tertiary/aromatic N) is 2. The Bertz CT molecular complexity index is 421. The number of anilines is 1. The molecule has 1 saturated carbocycles. The van der Waals surface area contributed by atoms with Crippen molar-refractivity contribution in [1.29, 1.82) is 0 Å². The van der Waals surface area contributed by atoms with Gasteiger partial charge in [0.15, 0.2) is 5.13 Å². The Morgan fingerprint density at radius 1 is 1.24 bits per heavy atom. The second-order valence-electron chi connectivity index (χ2n) is 5.97. The fourth-order valence-electron chi connectivity index (χ4n) is 3.50. The lowest BCUT2D eigenvalue weighted by Gasteiger charge is -2.41. The Balaban J connectivity index is 1.71. The monoisotopic (exact) mass is 308 g/mol. The van der Waals surface area contributed by atoms with Crippen molar-refractivity contribution in [3.05, 3.63) is 11.6 Å². The molecule has 1 aliphatic carbocycles. The van der Waals surface area contributed by atoms with Gasteiger partial charge in [-0.2, -0.15) is 0 Å². The molecule has 6 heteroatoms. The molecule has 1 saturated heterocycles. The van der Waals surface area contributed by atoms with E-state index in [0.29, 0.717) is 17.2 Å². The van der Waals surface area contributed by atoms with E-state index >= 15 is 0 Å². The lowest BCUT2D eigenvalue weighted by Crippen LogP contribution is -2.54. The van der Waals surface area contributed by atoms with Gasteiger partial charge in [-0.3, -0.25) is 5.32 Å². The summed E-state index contributed by atoms with van der Waals surface area (Å²) in [5.74, 6) is 0. The van der Waals surface area contributed by atoms with Gasteiger partial charge in [-0.25, -0.2) is 9.78 Å². The minimum atomic E-state index is 0.0329. The van der Waals surface area contributed by atoms with E-state index in [1.807, 2.05) is 5.38 Å². The smallest absolute Gasteiger partial charge is 0.317 e. The first-order valence-corrected chi connectivity index (χ1v) is 8.92. The molecule has 0 bridgehead atoms. The van der Waals surface area contributed by atoms with Crippen molar-refractivity contribution in [2.75, 3.05) is 18.4 Å². The fraction of sp³-hybridized carbons (Fsp3) is 0.733. The number of amides is 2. The van der Waals surface area contributed by atoms with Gasteiger partial charge in [-0.05, 0) is 32.2 Å². The third-order valence-electron chi connectivity index (χ3n) is 4.51. The minimum Gasteiger partial charge on any atom is -0.317 e. The first-order valence-electron chi connectivity index (χ1n) is 8.04. The Kier molecular flexibility index (Phi) is 5.08. The van der Waals surface area contributed by atoms with Crippen LogP contribution in [0.3, 0.4) is 0 Å². The van der Waals surface area contributed by atoms with E-state index in [1.165, 1.54) is 30.6 Å². The molecular weight excluding hydrogens is 284 g/mol. The number of hydrogen-bond acceptors (Lipinski definition) is 4. The number of carbonyl (C=O) groups is 1. The Labute approximate surface area is 130 Å². The second-order valence-corrected chi connectivity index (χ2v) is 6.86. The van der Waals surface area contributed by atoms with Crippen molar-refractivity contribution in [2.45, 2.75) is 57.0 Å². The molecule has 116 valence electrons. The molecule has 2 amide bonds. The molecule has 0 radical (unpaired) electrons. The average Bonchev–Trinajstić information content (AvgIpc) is 3.02. The topological polar surface area (TPSA) is 57.3 Å². The van der Waals surface area contributed by atoms with Gasteiger partial charge >= 0.3 is 6.03 Å². The molecule has 2 N–H and O–H groups in total. The number of piperidine rings is 1. The summed E-state index contributed by atoms with van der Waals surface area (Å²) in [5.41, 5.74) is 0. The molecule has 2 fully saturated rings. The van der Waals surface area contributed by atoms with Crippen LogP contribution in [0.1, 0.15) is 44.9 Å². The Morgan fingerprint density at radius 3 is 2.71 bits per heavy atom. The molecule has 1 aliphatic heterocycles. The van der Waals surface area contributed by atoms with Gasteiger partial charge in [-0.1, -0.05) is 19.3 Å². The number of nitrogens with one attached hydrogen (secondary N) is 2. The molecule has 2 heterocycles. The second kappa shape index (κ2) is 7.22. The van der Waals surface area contributed by atoms with Gasteiger partial charge in [0.2, 0.25) is 0 Å². The maximum absolute atomic E-state index is 12.8. The Hall–Kier alpha value is -1.14. The van der Waals surface area contributed by atoms with E-state index in [9.17, 15) is 4.79 Å². The highest BCUT2D eigenvalue weighted by Crippen LogP contribution is 2.27. The van der Waals surface area contributed by atoms with E-state index in [4.69, 9.17) is 0 Å². The number of aromatic nitrogens is 1. The van der Waals surface area contributed by atoms with Gasteiger partial charge in [0.1, 0.15) is 0 Å². The number of urea groups is 1. The van der Waals surface area contributed by atoms with Crippen molar-refractivity contribution in [3.63, 3.8) is 0 Å². The highest BCUT2D eigenvalue weighted by atomic mass is 32.1. The molecule has 5 nitrogen and oxygen atoms in total. The lowest BCUT2D eigenvalue weighted by molar-refractivity contribution is 0.119. The van der Waals surface area contributed by atoms with Crippen LogP contribution >= 0.6 is 11.3 Å². The van der Waals surface area contributed by atoms with Crippen LogP contribution in [0.5, 0.6) is 0 Å². The van der Waals surface area contributed by atoms with E-state index in [2.05, 4.69) is 20.5 Å². The molecule has 2 aliphatic rings. The van der Waals surface area contributed by atoms with E-state index in [1.54, 1.807) is 6.20 Å². The number of carbonyl (C=O) groups excluding carboxylic acids is 1. The summed E-state index contributed by atoms with van der Waals surface area (Å²) in [6, 6.07) is 0.746. The SMILES string of the molecule is O=C(Nc1nccs1)N(C1CCCCC1)C1CCCNC1. The maximum Gasteiger partial charge on any atom is 0.324 e. The highest BCUT2D eigenvalue weighted by Gasteiger charge is 2.32. The summed E-state index contributed by atoms with van der Waals surface area (Å²) >= 11 is 1.48. The quantitative estimate of drug-likeness (QED) is 0.902. The number of rotatable bonds is 3. The van der Waals surface area contributed by atoms with Crippen molar-refractivity contribution in [2.24, 2.45) is 0 Å². The van der Waals surface area contributed by atoms with Crippen LogP contribution in [0.15, 0.2) is 11.6 Å². The number of thiazole rings is 1. The molecule has 1 unspecified atom stereocenters. The van der Waals surface area contributed by atoms with Gasteiger partial charge in [0, 0.05) is 30.2 Å². The predicted molar refractivity (Wildman–Crippen MR) is 85.7 cm³/mol. The van der Waals surface area contributed by atoms with Crippen LogP contribution in [0.4, 0.5) is 9.93 Å². The van der Waals surface area contributed by atoms with Gasteiger partial charge in [0.05, 0.1) is 0 Å². The predicted octanol–water partition coefficient (Wildman–Crippen LogP) is 3.06. The van der Waals surface area contributed by atoms with E-state index in [-0.39, 0.29) is 6.03 Å². The van der Waals surface area contributed by atoms with Crippen LogP contribution < -0.4 is 10.6 Å². The molecular formula is C15H24N4OS. The molecule has 0 spiro atoms. The first kappa shape index (κ1) is 14.8. The zero-order chi connectivity index (χ0) is 14.5. The summed E-state index contributed by atoms with van der Waals surface area (Å²) in [6.45, 7) is 1.99. The van der Waals surface area contributed by atoms with Crippen molar-refractivity contribution in [3.8, 4) is 0 Å². The highest BCUT2D eigenvalue weighted by molar-refractivity contribution is 7.13. The normalized spacial score (nSPS) is 23.7. The van der Waals surface area contributed by atoms with Crippen LogP contribution in [0, 0.1) is 0 Å². The zero-order valence-corrected chi connectivity index (χ0v) is 13.2. The summed E-state index contributed by atoms with van der Waals surface area (Å²) in [4.78, 5) is 19.1. The van der Waals surface area contributed by atoms with Gasteiger partial charge in [0.25, 0.3) is 0 Å². The third-order valence-corrected chi connectivity index (χ3v) is 5.20. The summed E-state index contributed by atoms with van der Waals surface area (Å²) < 4.78 is 0. The summed E-state index contributed by atoms with van der Waals surface area (Å²) in [7, 11) is 0. The number of hydrogen-bond donors (Lipinski definition) is 2. The van der Waals surface area contributed by atoms with Crippen LogP contribution in [-0.2, 0) is 0 Å². The largest absolute Gasteiger partial charge is 0.324 e. The van der Waals surface area contributed by atoms with Crippen molar-refractivity contribution in [1.82, 2.24) is 15.2 Å². The average molecular weight is 308 g/mol. The zero-order valence-electron chi connectivity index (χ0n) is 12.4. The maximum atomic E-state index is 12.8. The third kappa shape index (κ3) is 3.74. The summed E-state index contributed by atoms with van der Waals surface area (Å²) in [5, 5.41) is 9.01. The fourth-order valence-corrected chi connectivity index (χ4v) is 4.02. The molecule has 0 aromatic carbocycles. The summed E-state index contributed by atoms with van der Waals surface area (Å²) in [6.07, 6.45) is 10.1. The molecule has 1 atom stereocenters. The molecule has 3 rings (SSSR count). The lowest BCUT2D eigenvalue weighted by atomic mass is 9.92. The van der Waals surface area contributed by atoms with Crippen molar-refractivity contribution >= 4 is 22.5 Å². The minimum absolute atomic E-state index is 0.0329. The van der Waals surface area contributed by atoms with E-state index < -0.39 is 0 Å². The van der Waals surface area contributed by atoms with Crippen molar-refractivity contribution < 1.29 is 4.79 Å². The molecule has 21 heavy (non-hydrogen) atoms. The molecule has 1 aromatic heterocycles. The van der Waals surface area contributed by atoms with Gasteiger partial charge in [-0.15, -0.1) is 11.3 Å². The molecule has 1 aromatic rings. The van der Waals surface area contributed by atoms with Crippen LogP contribution in [0.2, 0.25) is 0 Å². The van der Waals surface area contributed by atoms with Crippen LogP contribution in [-0.4, -0.2) is 41.1 Å². The van der Waals surface area contributed by atoms with Crippen LogP contribution in [0.25, 0.3) is 0 Å². The van der Waals surface area contributed by atoms with E-state index in [0.717, 1.165) is 38.8 Å². The Morgan fingerprint density at radius 2 is 2.05 bits per heavy atom.